The second-order valence-corrected chi connectivity index (χ2v) is 7.11. The van der Waals surface area contributed by atoms with E-state index in [0.717, 1.165) is 49.1 Å². The van der Waals surface area contributed by atoms with Gasteiger partial charge in [-0.1, -0.05) is 6.42 Å². The standard InChI is InChI=1S/C16H22BrN3O/c1-11-9-13(17)10-18-15(11)20-7-5-14(6-8-20)19-16(21)12-3-2-4-12/h9-10,12,14H,2-8H2,1H3,(H,19,21). The van der Waals surface area contributed by atoms with Crippen LogP contribution in [0.2, 0.25) is 0 Å². The molecule has 21 heavy (non-hydrogen) atoms. The van der Waals surface area contributed by atoms with Crippen LogP contribution >= 0.6 is 15.9 Å². The number of amides is 1. The number of anilines is 1. The number of carbonyl (C=O) groups excluding carboxylic acids is 1. The van der Waals surface area contributed by atoms with Crippen LogP contribution in [-0.2, 0) is 4.79 Å². The lowest BCUT2D eigenvalue weighted by molar-refractivity contribution is -0.128. The molecule has 114 valence electrons. The highest BCUT2D eigenvalue weighted by Gasteiger charge is 2.28. The molecule has 1 amide bonds. The Balaban J connectivity index is 1.53. The Kier molecular flexibility index (Phi) is 4.48. The quantitative estimate of drug-likeness (QED) is 0.910. The van der Waals surface area contributed by atoms with E-state index in [0.29, 0.717) is 12.0 Å². The summed E-state index contributed by atoms with van der Waals surface area (Å²) in [6, 6.07) is 2.44. The molecule has 0 radical (unpaired) electrons. The van der Waals surface area contributed by atoms with Crippen LogP contribution < -0.4 is 10.2 Å². The van der Waals surface area contributed by atoms with E-state index in [1.165, 1.54) is 12.0 Å². The van der Waals surface area contributed by atoms with Gasteiger partial charge in [-0.05, 0) is 60.2 Å². The highest BCUT2D eigenvalue weighted by Crippen LogP contribution is 2.27. The van der Waals surface area contributed by atoms with E-state index in [2.05, 4.69) is 44.1 Å². The lowest BCUT2D eigenvalue weighted by atomic mass is 9.84. The third-order valence-corrected chi connectivity index (χ3v) is 5.07. The molecule has 0 bridgehead atoms. The minimum atomic E-state index is 0.276. The molecule has 0 spiro atoms. The van der Waals surface area contributed by atoms with Gasteiger partial charge in [0, 0.05) is 35.7 Å². The van der Waals surface area contributed by atoms with Gasteiger partial charge in [-0.2, -0.15) is 0 Å². The Hall–Kier alpha value is -1.10. The van der Waals surface area contributed by atoms with Crippen LogP contribution in [0.25, 0.3) is 0 Å². The minimum Gasteiger partial charge on any atom is -0.356 e. The molecule has 1 aromatic rings. The first-order valence-electron chi connectivity index (χ1n) is 7.81. The number of halogens is 1. The SMILES string of the molecule is Cc1cc(Br)cnc1N1CCC(NC(=O)C2CCC2)CC1. The number of hydrogen-bond donors (Lipinski definition) is 1. The fraction of sp³-hybridized carbons (Fsp3) is 0.625. The van der Waals surface area contributed by atoms with E-state index in [4.69, 9.17) is 0 Å². The average Bonchev–Trinajstić information content (AvgIpc) is 2.38. The number of rotatable bonds is 3. The number of pyridine rings is 1. The van der Waals surface area contributed by atoms with Crippen molar-refractivity contribution in [3.05, 3.63) is 22.3 Å². The maximum Gasteiger partial charge on any atom is 0.223 e. The number of nitrogens with one attached hydrogen (secondary N) is 1. The van der Waals surface area contributed by atoms with Crippen molar-refractivity contribution in [2.45, 2.75) is 45.1 Å². The monoisotopic (exact) mass is 351 g/mol. The van der Waals surface area contributed by atoms with Crippen LogP contribution in [0.3, 0.4) is 0 Å². The number of nitrogens with zero attached hydrogens (tertiary/aromatic N) is 2. The molecule has 0 atom stereocenters. The lowest BCUT2D eigenvalue weighted by Crippen LogP contribution is -2.47. The summed E-state index contributed by atoms with van der Waals surface area (Å²) in [5, 5.41) is 3.22. The summed E-state index contributed by atoms with van der Waals surface area (Å²) in [7, 11) is 0. The Bertz CT molecular complexity index is 522. The molecular formula is C16H22BrN3O. The zero-order chi connectivity index (χ0) is 14.8. The van der Waals surface area contributed by atoms with Gasteiger partial charge in [0.25, 0.3) is 0 Å². The van der Waals surface area contributed by atoms with E-state index in [-0.39, 0.29) is 5.91 Å². The summed E-state index contributed by atoms with van der Waals surface area (Å²) >= 11 is 3.45. The van der Waals surface area contributed by atoms with Crippen LogP contribution in [0.4, 0.5) is 5.82 Å². The molecule has 3 rings (SSSR count). The van der Waals surface area contributed by atoms with Crippen molar-refractivity contribution in [3.8, 4) is 0 Å². The minimum absolute atomic E-state index is 0.276. The molecule has 2 aliphatic rings. The summed E-state index contributed by atoms with van der Waals surface area (Å²) in [4.78, 5) is 18.9. The summed E-state index contributed by atoms with van der Waals surface area (Å²) in [5.41, 5.74) is 1.20. The molecule has 1 aliphatic carbocycles. The zero-order valence-electron chi connectivity index (χ0n) is 12.4. The topological polar surface area (TPSA) is 45.2 Å². The van der Waals surface area contributed by atoms with Crippen molar-refractivity contribution in [2.75, 3.05) is 18.0 Å². The second-order valence-electron chi connectivity index (χ2n) is 6.19. The predicted octanol–water partition coefficient (Wildman–Crippen LogP) is 3.04. The van der Waals surface area contributed by atoms with Crippen molar-refractivity contribution in [3.63, 3.8) is 0 Å². The molecule has 1 aliphatic heterocycles. The van der Waals surface area contributed by atoms with Gasteiger partial charge in [-0.25, -0.2) is 4.98 Å². The lowest BCUT2D eigenvalue weighted by Gasteiger charge is -2.35. The molecule has 5 heteroatoms. The van der Waals surface area contributed by atoms with Crippen LogP contribution in [-0.4, -0.2) is 30.0 Å². The Morgan fingerprint density at radius 1 is 1.33 bits per heavy atom. The highest BCUT2D eigenvalue weighted by atomic mass is 79.9. The summed E-state index contributed by atoms with van der Waals surface area (Å²) in [6.45, 7) is 4.02. The maximum absolute atomic E-state index is 12.0. The molecule has 1 N–H and O–H groups in total. The number of piperidine rings is 1. The van der Waals surface area contributed by atoms with Crippen LogP contribution in [0.5, 0.6) is 0 Å². The first-order chi connectivity index (χ1) is 10.1. The Morgan fingerprint density at radius 2 is 2.05 bits per heavy atom. The smallest absolute Gasteiger partial charge is 0.223 e. The van der Waals surface area contributed by atoms with Gasteiger partial charge >= 0.3 is 0 Å². The third-order valence-electron chi connectivity index (χ3n) is 4.63. The average molecular weight is 352 g/mol. The maximum atomic E-state index is 12.0. The largest absolute Gasteiger partial charge is 0.356 e. The molecule has 0 unspecified atom stereocenters. The third kappa shape index (κ3) is 3.39. The van der Waals surface area contributed by atoms with E-state index in [1.54, 1.807) is 0 Å². The summed E-state index contributed by atoms with van der Waals surface area (Å²) in [5.74, 6) is 1.64. The van der Waals surface area contributed by atoms with Crippen LogP contribution in [0.15, 0.2) is 16.7 Å². The first-order valence-corrected chi connectivity index (χ1v) is 8.60. The zero-order valence-corrected chi connectivity index (χ0v) is 14.0. The molecule has 1 aromatic heterocycles. The van der Waals surface area contributed by atoms with Crippen molar-refractivity contribution < 1.29 is 4.79 Å². The van der Waals surface area contributed by atoms with Crippen molar-refractivity contribution in [1.29, 1.82) is 0 Å². The molecular weight excluding hydrogens is 330 g/mol. The van der Waals surface area contributed by atoms with Crippen molar-refractivity contribution in [2.24, 2.45) is 5.92 Å². The molecule has 2 heterocycles. The van der Waals surface area contributed by atoms with Gasteiger partial charge < -0.3 is 10.2 Å². The summed E-state index contributed by atoms with van der Waals surface area (Å²) < 4.78 is 1.02. The van der Waals surface area contributed by atoms with Crippen LogP contribution in [0, 0.1) is 12.8 Å². The van der Waals surface area contributed by atoms with Gasteiger partial charge in [0.2, 0.25) is 5.91 Å². The van der Waals surface area contributed by atoms with Gasteiger partial charge in [0.05, 0.1) is 0 Å². The fourth-order valence-corrected chi connectivity index (χ4v) is 3.54. The number of aromatic nitrogens is 1. The van der Waals surface area contributed by atoms with Gasteiger partial charge in [0.15, 0.2) is 0 Å². The number of aryl methyl sites for hydroxylation is 1. The van der Waals surface area contributed by atoms with Crippen molar-refractivity contribution >= 4 is 27.7 Å². The predicted molar refractivity (Wildman–Crippen MR) is 87.4 cm³/mol. The molecule has 1 saturated heterocycles. The Labute approximate surface area is 134 Å². The van der Waals surface area contributed by atoms with Gasteiger partial charge in [-0.15, -0.1) is 0 Å². The van der Waals surface area contributed by atoms with Gasteiger partial charge in [0.1, 0.15) is 5.82 Å². The fourth-order valence-electron chi connectivity index (χ4n) is 3.09. The van der Waals surface area contributed by atoms with E-state index in [9.17, 15) is 4.79 Å². The highest BCUT2D eigenvalue weighted by molar-refractivity contribution is 9.10. The second kappa shape index (κ2) is 6.34. The molecule has 2 fully saturated rings. The van der Waals surface area contributed by atoms with Gasteiger partial charge in [-0.3, -0.25) is 4.79 Å². The Morgan fingerprint density at radius 3 is 2.62 bits per heavy atom. The normalized spacial score (nSPS) is 20.2. The molecule has 0 aromatic carbocycles. The first kappa shape index (κ1) is 14.8. The number of carbonyl (C=O) groups is 1. The summed E-state index contributed by atoms with van der Waals surface area (Å²) in [6.07, 6.45) is 7.24. The van der Waals surface area contributed by atoms with Crippen LogP contribution in [0.1, 0.15) is 37.7 Å². The molecule has 1 saturated carbocycles. The van der Waals surface area contributed by atoms with E-state index < -0.39 is 0 Å². The van der Waals surface area contributed by atoms with E-state index >= 15 is 0 Å². The van der Waals surface area contributed by atoms with Crippen molar-refractivity contribution in [1.82, 2.24) is 10.3 Å². The van der Waals surface area contributed by atoms with E-state index in [1.807, 2.05) is 6.20 Å². The number of hydrogen-bond acceptors (Lipinski definition) is 3. The molecule has 4 nitrogen and oxygen atoms in total.